The smallest absolute Gasteiger partial charge is 0.408 e. The van der Waals surface area contributed by atoms with Gasteiger partial charge in [0.05, 0.1) is 10.9 Å². The summed E-state index contributed by atoms with van der Waals surface area (Å²) in [5.74, 6) is -0.626. The number of hydrogen-bond acceptors (Lipinski definition) is 6. The molecule has 10 heteroatoms. The standard InChI is InChI=1S/C25H34ClN3O5S/c1-15(2)29(25(5,13-30)12-16-9-10-27-20(16)31)22(32)19-21(35-19)28-23(33)34-14-24(3,4)17-7-6-8-18(26)11-17/h6-8,11,13,15-16,19,21H,9-10,12,14H2,1-5H3,(H,27,31)(H,28,33). The lowest BCUT2D eigenvalue weighted by Gasteiger charge is -2.41. The normalized spacial score (nSPS) is 23.3. The first-order chi connectivity index (χ1) is 16.4. The SMILES string of the molecule is CC(C)N(C(=O)C1SC1NC(=O)OCC(C)(C)c1cccc(Cl)c1)C(C)(C=O)CC1CCNC1=O. The average molecular weight is 524 g/mol. The minimum absolute atomic E-state index is 0.0852. The number of thioether (sulfide) groups is 1. The van der Waals surface area contributed by atoms with E-state index >= 15 is 0 Å². The number of ether oxygens (including phenoxy) is 1. The number of carbonyl (C=O) groups excluding carboxylic acids is 4. The molecule has 2 fully saturated rings. The van der Waals surface area contributed by atoms with Gasteiger partial charge in [-0.3, -0.25) is 9.59 Å². The molecule has 0 aliphatic carbocycles. The number of carbonyl (C=O) groups is 4. The Morgan fingerprint density at radius 1 is 1.34 bits per heavy atom. The van der Waals surface area contributed by atoms with E-state index in [1.165, 1.54) is 11.8 Å². The molecule has 2 aliphatic heterocycles. The molecule has 2 saturated heterocycles. The van der Waals surface area contributed by atoms with Crippen LogP contribution in [0.15, 0.2) is 24.3 Å². The molecule has 4 atom stereocenters. The van der Waals surface area contributed by atoms with Crippen LogP contribution in [0.2, 0.25) is 5.02 Å². The number of hydrogen-bond donors (Lipinski definition) is 2. The zero-order chi connectivity index (χ0) is 26.0. The molecule has 1 aromatic carbocycles. The summed E-state index contributed by atoms with van der Waals surface area (Å²) in [5, 5.41) is 5.19. The van der Waals surface area contributed by atoms with Gasteiger partial charge in [0, 0.05) is 28.9 Å². The summed E-state index contributed by atoms with van der Waals surface area (Å²) < 4.78 is 5.44. The van der Waals surface area contributed by atoms with Crippen molar-refractivity contribution in [3.05, 3.63) is 34.9 Å². The van der Waals surface area contributed by atoms with Crippen LogP contribution in [0, 0.1) is 5.92 Å². The summed E-state index contributed by atoms with van der Waals surface area (Å²) in [6.07, 6.45) is 1.06. The number of aldehydes is 1. The van der Waals surface area contributed by atoms with Crippen LogP contribution in [0.5, 0.6) is 0 Å². The van der Waals surface area contributed by atoms with Crippen molar-refractivity contribution in [2.45, 2.75) is 75.1 Å². The molecule has 1 aromatic rings. The molecule has 0 spiro atoms. The third-order valence-electron chi connectivity index (χ3n) is 6.55. The number of nitrogens with one attached hydrogen (secondary N) is 2. The highest BCUT2D eigenvalue weighted by atomic mass is 35.5. The molecule has 35 heavy (non-hydrogen) atoms. The topological polar surface area (TPSA) is 105 Å². The van der Waals surface area contributed by atoms with Crippen LogP contribution in [0.1, 0.15) is 53.0 Å². The first-order valence-corrected chi connectivity index (χ1v) is 13.1. The zero-order valence-corrected chi connectivity index (χ0v) is 22.4. The molecule has 0 saturated carbocycles. The Balaban J connectivity index is 1.58. The average Bonchev–Trinajstić information content (AvgIpc) is 3.44. The highest BCUT2D eigenvalue weighted by molar-refractivity contribution is 8.08. The van der Waals surface area contributed by atoms with Crippen LogP contribution in [0.3, 0.4) is 0 Å². The van der Waals surface area contributed by atoms with E-state index in [0.29, 0.717) is 18.0 Å². The molecule has 2 aliphatic rings. The first kappa shape index (κ1) is 27.3. The Kier molecular flexibility index (Phi) is 8.42. The second kappa shape index (κ2) is 10.8. The molecular formula is C25H34ClN3O5S. The Hall–Kier alpha value is -2.26. The van der Waals surface area contributed by atoms with Crippen molar-refractivity contribution < 1.29 is 23.9 Å². The van der Waals surface area contributed by atoms with Gasteiger partial charge in [0.2, 0.25) is 11.8 Å². The quantitative estimate of drug-likeness (QED) is 0.359. The first-order valence-electron chi connectivity index (χ1n) is 11.8. The lowest BCUT2D eigenvalue weighted by atomic mass is 9.86. The highest BCUT2D eigenvalue weighted by Gasteiger charge is 2.52. The fourth-order valence-electron chi connectivity index (χ4n) is 4.58. The summed E-state index contributed by atoms with van der Waals surface area (Å²) >= 11 is 7.39. The minimum Gasteiger partial charge on any atom is -0.449 e. The van der Waals surface area contributed by atoms with E-state index in [9.17, 15) is 19.2 Å². The van der Waals surface area contributed by atoms with E-state index in [0.717, 1.165) is 11.8 Å². The fourth-order valence-corrected chi connectivity index (χ4v) is 5.58. The second-order valence-corrected chi connectivity index (χ2v) is 12.1. The monoisotopic (exact) mass is 523 g/mol. The van der Waals surface area contributed by atoms with Crippen LogP contribution in [0.4, 0.5) is 4.79 Å². The van der Waals surface area contributed by atoms with Crippen molar-refractivity contribution >= 4 is 47.6 Å². The third-order valence-corrected chi connectivity index (χ3v) is 7.92. The largest absolute Gasteiger partial charge is 0.449 e. The van der Waals surface area contributed by atoms with Gasteiger partial charge in [0.15, 0.2) is 0 Å². The van der Waals surface area contributed by atoms with E-state index in [4.69, 9.17) is 16.3 Å². The zero-order valence-electron chi connectivity index (χ0n) is 20.8. The van der Waals surface area contributed by atoms with Gasteiger partial charge in [0.25, 0.3) is 0 Å². The van der Waals surface area contributed by atoms with Gasteiger partial charge in [-0.25, -0.2) is 4.79 Å². The predicted molar refractivity (Wildman–Crippen MR) is 136 cm³/mol. The molecule has 3 amide bonds. The van der Waals surface area contributed by atoms with Crippen molar-refractivity contribution in [2.75, 3.05) is 13.2 Å². The molecule has 2 N–H and O–H groups in total. The number of alkyl carbamates (subject to hydrolysis) is 1. The molecule has 2 heterocycles. The summed E-state index contributed by atoms with van der Waals surface area (Å²) in [6.45, 7) is 10.0. The van der Waals surface area contributed by atoms with Crippen LogP contribution < -0.4 is 10.6 Å². The third kappa shape index (κ3) is 6.50. The van der Waals surface area contributed by atoms with Gasteiger partial charge < -0.3 is 25.1 Å². The van der Waals surface area contributed by atoms with Crippen LogP contribution in [-0.4, -0.2) is 64.4 Å². The molecule has 0 radical (unpaired) electrons. The van der Waals surface area contributed by atoms with Crippen molar-refractivity contribution in [1.82, 2.24) is 15.5 Å². The van der Waals surface area contributed by atoms with Crippen molar-refractivity contribution in [2.24, 2.45) is 5.92 Å². The maximum Gasteiger partial charge on any atom is 0.408 e. The molecule has 3 rings (SSSR count). The predicted octanol–water partition coefficient (Wildman–Crippen LogP) is 3.51. The molecule has 0 aromatic heterocycles. The maximum absolute atomic E-state index is 13.4. The van der Waals surface area contributed by atoms with Gasteiger partial charge in [-0.05, 0) is 51.3 Å². The highest BCUT2D eigenvalue weighted by Crippen LogP contribution is 2.43. The van der Waals surface area contributed by atoms with E-state index < -0.39 is 27.7 Å². The van der Waals surface area contributed by atoms with E-state index in [2.05, 4.69) is 10.6 Å². The van der Waals surface area contributed by atoms with Crippen LogP contribution in [0.25, 0.3) is 0 Å². The Labute approximate surface area is 215 Å². The molecular weight excluding hydrogens is 490 g/mol. The molecule has 0 bridgehead atoms. The molecule has 192 valence electrons. The van der Waals surface area contributed by atoms with Gasteiger partial charge in [-0.15, -0.1) is 11.8 Å². The Morgan fingerprint density at radius 3 is 2.63 bits per heavy atom. The van der Waals surface area contributed by atoms with E-state index in [-0.39, 0.29) is 36.8 Å². The second-order valence-electron chi connectivity index (χ2n) is 10.3. The number of nitrogens with zero attached hydrogens (tertiary/aromatic N) is 1. The minimum atomic E-state index is -1.12. The van der Waals surface area contributed by atoms with Crippen molar-refractivity contribution in [1.29, 1.82) is 0 Å². The summed E-state index contributed by atoms with van der Waals surface area (Å²) in [6, 6.07) is 7.15. The molecule has 8 nitrogen and oxygen atoms in total. The van der Waals surface area contributed by atoms with Crippen molar-refractivity contribution in [3.63, 3.8) is 0 Å². The fraction of sp³-hybridized carbons (Fsp3) is 0.600. The number of amides is 3. The van der Waals surface area contributed by atoms with E-state index in [1.54, 1.807) is 17.9 Å². The van der Waals surface area contributed by atoms with Crippen LogP contribution in [-0.2, 0) is 24.5 Å². The Morgan fingerprint density at radius 2 is 2.06 bits per heavy atom. The van der Waals surface area contributed by atoms with Gasteiger partial charge >= 0.3 is 6.09 Å². The Bertz CT molecular complexity index is 988. The lowest BCUT2D eigenvalue weighted by Crippen LogP contribution is -2.57. The summed E-state index contributed by atoms with van der Waals surface area (Å²) in [7, 11) is 0. The van der Waals surface area contributed by atoms with Gasteiger partial charge in [-0.2, -0.15) is 0 Å². The maximum atomic E-state index is 13.4. The van der Waals surface area contributed by atoms with Crippen LogP contribution >= 0.6 is 23.4 Å². The summed E-state index contributed by atoms with van der Waals surface area (Å²) in [4.78, 5) is 51.6. The van der Waals surface area contributed by atoms with E-state index in [1.807, 2.05) is 45.9 Å². The lowest BCUT2D eigenvalue weighted by molar-refractivity contribution is -0.144. The van der Waals surface area contributed by atoms with Gasteiger partial charge in [0.1, 0.15) is 18.1 Å². The summed E-state index contributed by atoms with van der Waals surface area (Å²) in [5.41, 5.74) is -0.614. The molecule has 4 unspecified atom stereocenters. The number of rotatable bonds is 10. The number of halogens is 1. The van der Waals surface area contributed by atoms with Gasteiger partial charge in [-0.1, -0.05) is 37.6 Å². The number of benzene rings is 1. The van der Waals surface area contributed by atoms with Crippen molar-refractivity contribution in [3.8, 4) is 0 Å².